The Labute approximate surface area is 167 Å². The largest absolute Gasteiger partial charge is 0.473 e. The van der Waals surface area contributed by atoms with Gasteiger partial charge < -0.3 is 20.1 Å². The second-order valence-corrected chi connectivity index (χ2v) is 7.19. The number of benzene rings is 1. The van der Waals surface area contributed by atoms with Gasteiger partial charge in [-0.1, -0.05) is 36.4 Å². The van der Waals surface area contributed by atoms with Gasteiger partial charge in [-0.15, -0.1) is 0 Å². The molecular weight excluding hydrogens is 352 g/mol. The van der Waals surface area contributed by atoms with E-state index in [1.54, 1.807) is 6.20 Å². The van der Waals surface area contributed by atoms with Crippen molar-refractivity contribution in [2.45, 2.75) is 45.4 Å². The number of aromatic nitrogens is 1. The molecule has 28 heavy (non-hydrogen) atoms. The molecule has 1 aliphatic heterocycles. The molecule has 2 heterocycles. The fourth-order valence-corrected chi connectivity index (χ4v) is 3.15. The van der Waals surface area contributed by atoms with Crippen LogP contribution in [0.3, 0.4) is 0 Å². The van der Waals surface area contributed by atoms with E-state index in [1.807, 2.05) is 42.5 Å². The van der Waals surface area contributed by atoms with Gasteiger partial charge in [-0.05, 0) is 38.3 Å². The van der Waals surface area contributed by atoms with Crippen LogP contribution in [0.25, 0.3) is 0 Å². The van der Waals surface area contributed by atoms with Crippen molar-refractivity contribution in [2.24, 2.45) is 4.99 Å². The number of guanidine groups is 1. The van der Waals surface area contributed by atoms with E-state index < -0.39 is 0 Å². The number of hydrogen-bond donors (Lipinski definition) is 2. The normalized spacial score (nSPS) is 19.4. The second-order valence-electron chi connectivity index (χ2n) is 7.19. The molecule has 150 valence electrons. The van der Waals surface area contributed by atoms with Gasteiger partial charge in [0.25, 0.3) is 0 Å². The van der Waals surface area contributed by atoms with E-state index in [2.05, 4.69) is 29.5 Å². The average molecular weight is 383 g/mol. The van der Waals surface area contributed by atoms with Crippen LogP contribution in [0.1, 0.15) is 37.8 Å². The van der Waals surface area contributed by atoms with Gasteiger partial charge in [0.1, 0.15) is 6.61 Å². The highest BCUT2D eigenvalue weighted by Crippen LogP contribution is 2.24. The summed E-state index contributed by atoms with van der Waals surface area (Å²) in [5, 5.41) is 6.70. The molecule has 1 fully saturated rings. The summed E-state index contributed by atoms with van der Waals surface area (Å²) in [6.45, 7) is 7.56. The van der Waals surface area contributed by atoms with Crippen molar-refractivity contribution < 1.29 is 9.47 Å². The van der Waals surface area contributed by atoms with Crippen molar-refractivity contribution >= 4 is 5.96 Å². The van der Waals surface area contributed by atoms with Gasteiger partial charge in [-0.3, -0.25) is 0 Å². The molecule has 6 heteroatoms. The molecule has 0 amide bonds. The van der Waals surface area contributed by atoms with Crippen LogP contribution in [-0.4, -0.2) is 36.2 Å². The van der Waals surface area contributed by atoms with Crippen LogP contribution in [0.4, 0.5) is 0 Å². The van der Waals surface area contributed by atoms with Crippen molar-refractivity contribution in [3.05, 3.63) is 59.8 Å². The van der Waals surface area contributed by atoms with Crippen molar-refractivity contribution in [2.75, 3.05) is 19.7 Å². The summed E-state index contributed by atoms with van der Waals surface area (Å²) in [5.41, 5.74) is 1.95. The van der Waals surface area contributed by atoms with E-state index in [0.717, 1.165) is 49.6 Å². The lowest BCUT2D eigenvalue weighted by Crippen LogP contribution is -2.45. The number of hydrogen-bond acceptors (Lipinski definition) is 4. The molecule has 3 rings (SSSR count). The van der Waals surface area contributed by atoms with Crippen molar-refractivity contribution in [1.82, 2.24) is 15.6 Å². The Morgan fingerprint density at radius 1 is 1.21 bits per heavy atom. The second kappa shape index (κ2) is 10.1. The third-order valence-electron chi connectivity index (χ3n) is 4.75. The third-order valence-corrected chi connectivity index (χ3v) is 4.75. The van der Waals surface area contributed by atoms with Crippen LogP contribution in [0.15, 0.2) is 53.7 Å². The highest BCUT2D eigenvalue weighted by Gasteiger charge is 2.29. The summed E-state index contributed by atoms with van der Waals surface area (Å²) < 4.78 is 11.8. The van der Waals surface area contributed by atoms with Gasteiger partial charge in [0.15, 0.2) is 5.96 Å². The van der Waals surface area contributed by atoms with Crippen LogP contribution in [0.5, 0.6) is 5.88 Å². The minimum absolute atomic E-state index is 0.117. The first kappa shape index (κ1) is 20.1. The molecule has 1 saturated heterocycles. The minimum Gasteiger partial charge on any atom is -0.473 e. The lowest BCUT2D eigenvalue weighted by Gasteiger charge is -2.24. The zero-order valence-corrected chi connectivity index (χ0v) is 16.8. The Balaban J connectivity index is 1.61. The Bertz CT molecular complexity index is 758. The van der Waals surface area contributed by atoms with Gasteiger partial charge in [-0.2, -0.15) is 0 Å². The highest BCUT2D eigenvalue weighted by atomic mass is 16.5. The summed E-state index contributed by atoms with van der Waals surface area (Å²) in [5.74, 6) is 1.40. The molecule has 6 nitrogen and oxygen atoms in total. The lowest BCUT2D eigenvalue weighted by atomic mass is 10.0. The molecular formula is C22H30N4O2. The fraction of sp³-hybridized carbons (Fsp3) is 0.455. The SMILES string of the molecule is CCNC(=NCc1cccnc1OCc1ccccc1)NCC1(C)CCCO1. The van der Waals surface area contributed by atoms with Crippen LogP contribution >= 0.6 is 0 Å². The average Bonchev–Trinajstić information content (AvgIpc) is 3.17. The van der Waals surface area contributed by atoms with E-state index in [9.17, 15) is 0 Å². The van der Waals surface area contributed by atoms with Gasteiger partial charge in [-0.25, -0.2) is 9.98 Å². The maximum absolute atomic E-state index is 5.93. The molecule has 2 N–H and O–H groups in total. The lowest BCUT2D eigenvalue weighted by molar-refractivity contribution is 0.0243. The summed E-state index contributed by atoms with van der Waals surface area (Å²) in [7, 11) is 0. The smallest absolute Gasteiger partial charge is 0.218 e. The fourth-order valence-electron chi connectivity index (χ4n) is 3.15. The molecule has 1 aromatic heterocycles. The van der Waals surface area contributed by atoms with E-state index in [-0.39, 0.29) is 5.60 Å². The number of ether oxygens (including phenoxy) is 2. The van der Waals surface area contributed by atoms with E-state index >= 15 is 0 Å². The monoisotopic (exact) mass is 382 g/mol. The molecule has 0 saturated carbocycles. The predicted molar refractivity (Wildman–Crippen MR) is 111 cm³/mol. The molecule has 0 bridgehead atoms. The Kier molecular flexibility index (Phi) is 7.25. The first-order chi connectivity index (χ1) is 13.7. The summed E-state index contributed by atoms with van der Waals surface area (Å²) in [6, 6.07) is 14.0. The van der Waals surface area contributed by atoms with Gasteiger partial charge in [0.2, 0.25) is 5.88 Å². The number of rotatable bonds is 8. The van der Waals surface area contributed by atoms with Gasteiger partial charge >= 0.3 is 0 Å². The van der Waals surface area contributed by atoms with Gasteiger partial charge in [0, 0.05) is 31.5 Å². The zero-order chi connectivity index (χ0) is 19.7. The van der Waals surface area contributed by atoms with Crippen LogP contribution in [-0.2, 0) is 17.9 Å². The van der Waals surface area contributed by atoms with E-state index in [0.29, 0.717) is 19.0 Å². The Morgan fingerprint density at radius 3 is 2.82 bits per heavy atom. The first-order valence-electron chi connectivity index (χ1n) is 9.95. The molecule has 0 aliphatic carbocycles. The van der Waals surface area contributed by atoms with Crippen LogP contribution in [0, 0.1) is 0 Å². The number of pyridine rings is 1. The maximum Gasteiger partial charge on any atom is 0.218 e. The van der Waals surface area contributed by atoms with Crippen LogP contribution < -0.4 is 15.4 Å². The molecule has 1 unspecified atom stereocenters. The van der Waals surface area contributed by atoms with Gasteiger partial charge in [0.05, 0.1) is 12.1 Å². The van der Waals surface area contributed by atoms with E-state index in [4.69, 9.17) is 14.5 Å². The minimum atomic E-state index is -0.117. The molecule has 1 atom stereocenters. The predicted octanol–water partition coefficient (Wildman–Crippen LogP) is 3.28. The quantitative estimate of drug-likeness (QED) is 0.542. The topological polar surface area (TPSA) is 67.8 Å². The molecule has 0 radical (unpaired) electrons. The number of nitrogens with zero attached hydrogens (tertiary/aromatic N) is 2. The summed E-state index contributed by atoms with van der Waals surface area (Å²) in [4.78, 5) is 9.10. The highest BCUT2D eigenvalue weighted by molar-refractivity contribution is 5.79. The van der Waals surface area contributed by atoms with Crippen molar-refractivity contribution in [1.29, 1.82) is 0 Å². The van der Waals surface area contributed by atoms with Crippen LogP contribution in [0.2, 0.25) is 0 Å². The number of aliphatic imine (C=N–C) groups is 1. The number of nitrogens with one attached hydrogen (secondary N) is 2. The van der Waals surface area contributed by atoms with Crippen molar-refractivity contribution in [3.63, 3.8) is 0 Å². The maximum atomic E-state index is 5.93. The molecule has 0 spiro atoms. The molecule has 1 aromatic carbocycles. The third kappa shape index (κ3) is 5.96. The standard InChI is InChI=1S/C22H30N4O2/c1-3-23-21(26-17-22(2)12-8-14-28-22)25-15-19-11-7-13-24-20(19)27-16-18-9-5-4-6-10-18/h4-7,9-11,13H,3,8,12,14-17H2,1-2H3,(H2,23,25,26). The van der Waals surface area contributed by atoms with E-state index in [1.165, 1.54) is 0 Å². The molecule has 1 aliphatic rings. The zero-order valence-electron chi connectivity index (χ0n) is 16.8. The summed E-state index contributed by atoms with van der Waals surface area (Å²) >= 11 is 0. The molecule has 2 aromatic rings. The Hall–Kier alpha value is -2.60. The first-order valence-corrected chi connectivity index (χ1v) is 9.95. The van der Waals surface area contributed by atoms with Crippen molar-refractivity contribution in [3.8, 4) is 5.88 Å². The summed E-state index contributed by atoms with van der Waals surface area (Å²) in [6.07, 6.45) is 3.93. The Morgan fingerprint density at radius 2 is 2.07 bits per heavy atom.